The Morgan fingerprint density at radius 2 is 1.80 bits per heavy atom. The van der Waals surface area contributed by atoms with Crippen LogP contribution in [0.15, 0.2) is 0 Å². The Kier molecular flexibility index (Phi) is 7.53. The summed E-state index contributed by atoms with van der Waals surface area (Å²) in [5.41, 5.74) is 0.495. The lowest BCUT2D eigenvalue weighted by atomic mass is 9.76. The van der Waals surface area contributed by atoms with Crippen LogP contribution in [0.2, 0.25) is 0 Å². The second-order valence-electron chi connectivity index (χ2n) is 8.15. The molecule has 1 saturated carbocycles. The fourth-order valence-electron chi connectivity index (χ4n) is 3.26. The van der Waals surface area contributed by atoms with Crippen LogP contribution in [0.4, 0.5) is 0 Å². The zero-order valence-electron chi connectivity index (χ0n) is 14.8. The molecule has 0 aromatic rings. The van der Waals surface area contributed by atoms with Crippen LogP contribution < -0.4 is 5.32 Å². The molecule has 1 fully saturated rings. The van der Waals surface area contributed by atoms with Crippen LogP contribution in [0.5, 0.6) is 0 Å². The molecule has 0 aromatic carbocycles. The molecule has 1 N–H and O–H groups in total. The van der Waals surface area contributed by atoms with Crippen molar-refractivity contribution >= 4 is 0 Å². The average Bonchev–Trinajstić information content (AvgIpc) is 2.59. The molecule has 0 heterocycles. The van der Waals surface area contributed by atoms with E-state index in [0.717, 1.165) is 12.0 Å². The number of nitrogens with one attached hydrogen (secondary N) is 1. The van der Waals surface area contributed by atoms with E-state index in [0.29, 0.717) is 11.5 Å². The molecule has 20 heavy (non-hydrogen) atoms. The summed E-state index contributed by atoms with van der Waals surface area (Å²) in [6.45, 7) is 14.2. The molecule has 0 saturated heterocycles. The van der Waals surface area contributed by atoms with Gasteiger partial charge in [0, 0.05) is 12.1 Å². The van der Waals surface area contributed by atoms with Gasteiger partial charge in [0.25, 0.3) is 0 Å². The third kappa shape index (κ3) is 6.58. The minimum atomic E-state index is 0.495. The fourth-order valence-corrected chi connectivity index (χ4v) is 3.26. The van der Waals surface area contributed by atoms with Crippen molar-refractivity contribution in [2.45, 2.75) is 85.2 Å². The molecule has 1 rings (SSSR count). The van der Waals surface area contributed by atoms with E-state index in [-0.39, 0.29) is 0 Å². The van der Waals surface area contributed by atoms with E-state index >= 15 is 0 Å². The molecular formula is C18H38N2. The Morgan fingerprint density at radius 3 is 2.40 bits per heavy atom. The minimum Gasteiger partial charge on any atom is -0.314 e. The van der Waals surface area contributed by atoms with Crippen molar-refractivity contribution in [2.24, 2.45) is 11.3 Å². The van der Waals surface area contributed by atoms with Gasteiger partial charge in [-0.3, -0.25) is 0 Å². The summed E-state index contributed by atoms with van der Waals surface area (Å²) in [7, 11) is 2.23. The highest BCUT2D eigenvalue weighted by Crippen LogP contribution is 2.36. The van der Waals surface area contributed by atoms with Crippen molar-refractivity contribution in [1.82, 2.24) is 10.2 Å². The van der Waals surface area contributed by atoms with Gasteiger partial charge in [0.15, 0.2) is 0 Å². The highest BCUT2D eigenvalue weighted by Gasteiger charge is 2.27. The summed E-state index contributed by atoms with van der Waals surface area (Å²) in [4.78, 5) is 2.43. The molecule has 0 bridgehead atoms. The lowest BCUT2D eigenvalue weighted by molar-refractivity contribution is 0.213. The van der Waals surface area contributed by atoms with Crippen molar-refractivity contribution < 1.29 is 0 Å². The van der Waals surface area contributed by atoms with Gasteiger partial charge in [-0.05, 0) is 77.4 Å². The summed E-state index contributed by atoms with van der Waals surface area (Å²) >= 11 is 0. The molecule has 2 nitrogen and oxygen atoms in total. The molecule has 0 amide bonds. The first-order valence-corrected chi connectivity index (χ1v) is 8.74. The number of hydrogen-bond acceptors (Lipinski definition) is 2. The van der Waals surface area contributed by atoms with Gasteiger partial charge in [-0.1, -0.05) is 27.2 Å². The molecule has 0 aliphatic heterocycles. The molecule has 0 spiro atoms. The lowest BCUT2D eigenvalue weighted by Crippen LogP contribution is -2.33. The highest BCUT2D eigenvalue weighted by atomic mass is 15.1. The summed E-state index contributed by atoms with van der Waals surface area (Å²) in [5, 5.41) is 3.80. The standard InChI is InChI=1S/C18H38N2/c1-15(2)20(6)14-8-13-19-17-10-7-9-16(11-12-17)18(3,4)5/h15-17,19H,7-14H2,1-6H3. The van der Waals surface area contributed by atoms with Crippen molar-refractivity contribution in [2.75, 3.05) is 20.1 Å². The Hall–Kier alpha value is -0.0800. The van der Waals surface area contributed by atoms with E-state index < -0.39 is 0 Å². The first-order valence-electron chi connectivity index (χ1n) is 8.74. The molecule has 0 radical (unpaired) electrons. The Bertz CT molecular complexity index is 255. The van der Waals surface area contributed by atoms with Gasteiger partial charge >= 0.3 is 0 Å². The zero-order valence-corrected chi connectivity index (χ0v) is 14.8. The van der Waals surface area contributed by atoms with E-state index in [9.17, 15) is 0 Å². The SMILES string of the molecule is CC(C)N(C)CCCNC1CCCC(C(C)(C)C)CC1. The second kappa shape index (κ2) is 8.38. The van der Waals surface area contributed by atoms with Crippen LogP contribution in [-0.4, -0.2) is 37.1 Å². The highest BCUT2D eigenvalue weighted by molar-refractivity contribution is 4.81. The predicted octanol–water partition coefficient (Wildman–Crippen LogP) is 4.30. The molecule has 0 aromatic heterocycles. The fraction of sp³-hybridized carbons (Fsp3) is 1.00. The second-order valence-corrected chi connectivity index (χ2v) is 8.15. The summed E-state index contributed by atoms with van der Waals surface area (Å²) in [6.07, 6.45) is 8.28. The Morgan fingerprint density at radius 1 is 1.10 bits per heavy atom. The van der Waals surface area contributed by atoms with E-state index in [1.54, 1.807) is 0 Å². The van der Waals surface area contributed by atoms with Crippen LogP contribution in [0.25, 0.3) is 0 Å². The molecule has 2 heteroatoms. The third-order valence-electron chi connectivity index (χ3n) is 5.20. The van der Waals surface area contributed by atoms with Gasteiger partial charge < -0.3 is 10.2 Å². The van der Waals surface area contributed by atoms with E-state index in [4.69, 9.17) is 0 Å². The monoisotopic (exact) mass is 282 g/mol. The normalized spacial score (nSPS) is 25.2. The number of nitrogens with zero attached hydrogens (tertiary/aromatic N) is 1. The third-order valence-corrected chi connectivity index (χ3v) is 5.20. The Balaban J connectivity index is 2.19. The van der Waals surface area contributed by atoms with Crippen molar-refractivity contribution in [3.05, 3.63) is 0 Å². The first-order chi connectivity index (χ1) is 9.30. The molecular weight excluding hydrogens is 244 g/mol. The van der Waals surface area contributed by atoms with Gasteiger partial charge in [0.1, 0.15) is 0 Å². The molecule has 1 aliphatic rings. The smallest absolute Gasteiger partial charge is 0.00671 e. The van der Waals surface area contributed by atoms with Crippen LogP contribution >= 0.6 is 0 Å². The maximum absolute atomic E-state index is 3.80. The van der Waals surface area contributed by atoms with Crippen molar-refractivity contribution in [3.8, 4) is 0 Å². The molecule has 120 valence electrons. The van der Waals surface area contributed by atoms with Crippen molar-refractivity contribution in [1.29, 1.82) is 0 Å². The van der Waals surface area contributed by atoms with Crippen molar-refractivity contribution in [3.63, 3.8) is 0 Å². The largest absolute Gasteiger partial charge is 0.314 e. The summed E-state index contributed by atoms with van der Waals surface area (Å²) in [6, 6.07) is 1.44. The number of rotatable bonds is 6. The number of hydrogen-bond donors (Lipinski definition) is 1. The topological polar surface area (TPSA) is 15.3 Å². The first kappa shape index (κ1) is 18.0. The van der Waals surface area contributed by atoms with Gasteiger partial charge in [-0.25, -0.2) is 0 Å². The molecule has 2 atom stereocenters. The summed E-state index contributed by atoms with van der Waals surface area (Å²) < 4.78 is 0. The van der Waals surface area contributed by atoms with E-state index in [1.807, 2.05) is 0 Å². The quantitative estimate of drug-likeness (QED) is 0.577. The van der Waals surface area contributed by atoms with Crippen LogP contribution in [0.3, 0.4) is 0 Å². The van der Waals surface area contributed by atoms with Gasteiger partial charge in [0.05, 0.1) is 0 Å². The van der Waals surface area contributed by atoms with Crippen LogP contribution in [0.1, 0.15) is 73.1 Å². The minimum absolute atomic E-state index is 0.495. The van der Waals surface area contributed by atoms with Gasteiger partial charge in [0.2, 0.25) is 0 Å². The van der Waals surface area contributed by atoms with E-state index in [1.165, 1.54) is 51.6 Å². The van der Waals surface area contributed by atoms with E-state index in [2.05, 4.69) is 51.9 Å². The van der Waals surface area contributed by atoms with Crippen LogP contribution in [0, 0.1) is 11.3 Å². The Labute approximate surface area is 127 Å². The summed E-state index contributed by atoms with van der Waals surface area (Å²) in [5.74, 6) is 0.918. The van der Waals surface area contributed by atoms with Gasteiger partial charge in [-0.15, -0.1) is 0 Å². The molecule has 2 unspecified atom stereocenters. The maximum Gasteiger partial charge on any atom is 0.00671 e. The maximum atomic E-state index is 3.80. The zero-order chi connectivity index (χ0) is 15.2. The molecule has 1 aliphatic carbocycles. The predicted molar refractivity (Wildman–Crippen MR) is 90.2 cm³/mol. The van der Waals surface area contributed by atoms with Crippen LogP contribution in [-0.2, 0) is 0 Å². The average molecular weight is 283 g/mol. The van der Waals surface area contributed by atoms with Gasteiger partial charge in [-0.2, -0.15) is 0 Å². The lowest BCUT2D eigenvalue weighted by Gasteiger charge is -2.29.